The lowest BCUT2D eigenvalue weighted by atomic mass is 10.1. The predicted molar refractivity (Wildman–Crippen MR) is 52.3 cm³/mol. The quantitative estimate of drug-likeness (QED) is 0.401. The van der Waals surface area contributed by atoms with Crippen LogP contribution in [0.4, 0.5) is 0 Å². The second-order valence-corrected chi connectivity index (χ2v) is 3.28. The Morgan fingerprint density at radius 1 is 1.50 bits per heavy atom. The average Bonchev–Trinajstić information content (AvgIpc) is 2.26. The van der Waals surface area contributed by atoms with Gasteiger partial charge in [0, 0.05) is 17.7 Å². The van der Waals surface area contributed by atoms with Crippen molar-refractivity contribution >= 4 is 16.8 Å². The Kier molecular flexibility index (Phi) is 3.19. The highest BCUT2D eigenvalue weighted by Gasteiger charge is 2.14. The van der Waals surface area contributed by atoms with Gasteiger partial charge in [-0.05, 0) is 23.6 Å². The molecular formula is C9H8ClNO3. The lowest BCUT2D eigenvalue weighted by Crippen LogP contribution is -1.96. The third-order valence-corrected chi connectivity index (χ3v) is 1.97. The van der Waals surface area contributed by atoms with E-state index < -0.39 is 10.2 Å². The number of nitro groups is 1. The Morgan fingerprint density at radius 3 is 2.64 bits per heavy atom. The summed E-state index contributed by atoms with van der Waals surface area (Å²) in [5.74, 6) is -0.178. The molecule has 0 N–H and O–H groups in total. The standard InChI is InChI=1S/C9H8ClNO3/c1-6-4-7(9(10)12)2-3-8(5-6)11(13)14/h2-6H,1H3. The topological polar surface area (TPSA) is 60.2 Å². The molecule has 0 aromatic heterocycles. The van der Waals surface area contributed by atoms with Crippen LogP contribution in [0.25, 0.3) is 0 Å². The van der Waals surface area contributed by atoms with Gasteiger partial charge in [0.1, 0.15) is 0 Å². The molecule has 1 rings (SSSR count). The largest absolute Gasteiger partial charge is 0.276 e. The number of hydrogen-bond acceptors (Lipinski definition) is 3. The van der Waals surface area contributed by atoms with Gasteiger partial charge in [-0.1, -0.05) is 13.0 Å². The number of rotatable bonds is 2. The molecule has 0 radical (unpaired) electrons. The van der Waals surface area contributed by atoms with Crippen molar-refractivity contribution in [1.29, 1.82) is 0 Å². The zero-order chi connectivity index (χ0) is 10.7. The molecule has 0 spiro atoms. The Balaban J connectivity index is 3.02. The molecule has 4 nitrogen and oxygen atoms in total. The molecule has 0 heterocycles. The van der Waals surface area contributed by atoms with Gasteiger partial charge in [0.15, 0.2) is 0 Å². The van der Waals surface area contributed by atoms with Gasteiger partial charge in [0.25, 0.3) is 10.9 Å². The molecule has 14 heavy (non-hydrogen) atoms. The van der Waals surface area contributed by atoms with E-state index in [1.807, 2.05) is 0 Å². The Labute approximate surface area is 85.7 Å². The summed E-state index contributed by atoms with van der Waals surface area (Å²) in [6, 6.07) is 0. The minimum absolute atomic E-state index is 0.0262. The first kappa shape index (κ1) is 10.7. The first-order chi connectivity index (χ1) is 6.50. The average molecular weight is 214 g/mol. The highest BCUT2D eigenvalue weighted by atomic mass is 35.5. The maximum atomic E-state index is 10.8. The van der Waals surface area contributed by atoms with Crippen molar-refractivity contribution in [3.05, 3.63) is 45.7 Å². The minimum Gasteiger partial charge on any atom is -0.276 e. The third-order valence-electron chi connectivity index (χ3n) is 1.75. The SMILES string of the molecule is CC1C=C(C(=O)Cl)C=CC([N+](=O)[O-])=C1. The smallest absolute Gasteiger partial charge is 0.266 e. The number of hydrogen-bond donors (Lipinski definition) is 0. The van der Waals surface area contributed by atoms with Crippen molar-refractivity contribution in [2.24, 2.45) is 5.92 Å². The lowest BCUT2D eigenvalue weighted by Gasteiger charge is -1.96. The summed E-state index contributed by atoms with van der Waals surface area (Å²) >= 11 is 5.27. The van der Waals surface area contributed by atoms with E-state index in [0.29, 0.717) is 0 Å². The van der Waals surface area contributed by atoms with Gasteiger partial charge in [-0.25, -0.2) is 0 Å². The van der Waals surface area contributed by atoms with Crippen LogP contribution in [-0.2, 0) is 4.79 Å². The summed E-state index contributed by atoms with van der Waals surface area (Å²) in [4.78, 5) is 20.8. The number of carbonyl (C=O) groups is 1. The summed E-state index contributed by atoms with van der Waals surface area (Å²) < 4.78 is 0. The molecule has 1 unspecified atom stereocenters. The zero-order valence-electron chi connectivity index (χ0n) is 7.44. The van der Waals surface area contributed by atoms with Crippen LogP contribution >= 0.6 is 11.6 Å². The van der Waals surface area contributed by atoms with Crippen molar-refractivity contribution in [3.63, 3.8) is 0 Å². The van der Waals surface area contributed by atoms with Gasteiger partial charge >= 0.3 is 0 Å². The van der Waals surface area contributed by atoms with E-state index >= 15 is 0 Å². The summed E-state index contributed by atoms with van der Waals surface area (Å²) in [5.41, 5.74) is 0.258. The van der Waals surface area contributed by atoms with Gasteiger partial charge in [-0.15, -0.1) is 0 Å². The Morgan fingerprint density at radius 2 is 2.14 bits per heavy atom. The fraction of sp³-hybridized carbons (Fsp3) is 0.222. The first-order valence-electron chi connectivity index (χ1n) is 3.96. The molecule has 5 heteroatoms. The van der Waals surface area contributed by atoms with Crippen LogP contribution in [0.2, 0.25) is 0 Å². The van der Waals surface area contributed by atoms with Crippen LogP contribution in [0, 0.1) is 16.0 Å². The number of halogens is 1. The van der Waals surface area contributed by atoms with E-state index in [1.165, 1.54) is 18.2 Å². The van der Waals surface area contributed by atoms with Gasteiger partial charge in [0.05, 0.1) is 4.92 Å². The molecule has 0 saturated carbocycles. The van der Waals surface area contributed by atoms with E-state index in [1.54, 1.807) is 13.0 Å². The fourth-order valence-corrected chi connectivity index (χ4v) is 1.27. The third kappa shape index (κ3) is 2.53. The summed E-state index contributed by atoms with van der Waals surface area (Å²) in [6.07, 6.45) is 5.68. The molecule has 74 valence electrons. The molecule has 0 amide bonds. The van der Waals surface area contributed by atoms with Gasteiger partial charge in [-0.3, -0.25) is 14.9 Å². The van der Waals surface area contributed by atoms with Crippen LogP contribution in [0.15, 0.2) is 35.6 Å². The second kappa shape index (κ2) is 4.19. The van der Waals surface area contributed by atoms with Crippen molar-refractivity contribution in [2.75, 3.05) is 0 Å². The Hall–Kier alpha value is -1.42. The van der Waals surface area contributed by atoms with E-state index in [2.05, 4.69) is 0 Å². The van der Waals surface area contributed by atoms with Crippen molar-refractivity contribution in [3.8, 4) is 0 Å². The minimum atomic E-state index is -0.605. The normalized spacial score (nSPS) is 20.9. The van der Waals surface area contributed by atoms with E-state index in [9.17, 15) is 14.9 Å². The van der Waals surface area contributed by atoms with Crippen molar-refractivity contribution in [2.45, 2.75) is 6.92 Å². The molecule has 0 saturated heterocycles. The summed E-state index contributed by atoms with van der Waals surface area (Å²) in [7, 11) is 0. The predicted octanol–water partition coefficient (Wildman–Crippen LogP) is 2.04. The first-order valence-corrected chi connectivity index (χ1v) is 4.34. The highest BCUT2D eigenvalue weighted by Crippen LogP contribution is 2.17. The van der Waals surface area contributed by atoms with Crippen molar-refractivity contribution < 1.29 is 9.72 Å². The molecule has 0 bridgehead atoms. The molecule has 1 aliphatic carbocycles. The summed E-state index contributed by atoms with van der Waals surface area (Å²) in [6.45, 7) is 1.75. The highest BCUT2D eigenvalue weighted by molar-refractivity contribution is 6.68. The fourth-order valence-electron chi connectivity index (χ4n) is 1.14. The number of allylic oxidation sites excluding steroid dienone is 5. The molecular weight excluding hydrogens is 206 g/mol. The zero-order valence-corrected chi connectivity index (χ0v) is 8.19. The second-order valence-electron chi connectivity index (χ2n) is 2.94. The molecule has 0 aromatic rings. The molecule has 1 aliphatic rings. The van der Waals surface area contributed by atoms with Crippen LogP contribution in [0.1, 0.15) is 6.92 Å². The van der Waals surface area contributed by atoms with Crippen LogP contribution in [0.3, 0.4) is 0 Å². The summed E-state index contributed by atoms with van der Waals surface area (Å²) in [5, 5.41) is 9.87. The van der Waals surface area contributed by atoms with Gasteiger partial charge in [-0.2, -0.15) is 0 Å². The molecule has 0 aromatic carbocycles. The molecule has 0 aliphatic heterocycles. The van der Waals surface area contributed by atoms with Crippen LogP contribution in [-0.4, -0.2) is 10.2 Å². The van der Waals surface area contributed by atoms with Gasteiger partial charge in [0.2, 0.25) is 0 Å². The number of carbonyl (C=O) groups excluding carboxylic acids is 1. The van der Waals surface area contributed by atoms with E-state index in [-0.39, 0.29) is 17.2 Å². The monoisotopic (exact) mass is 213 g/mol. The van der Waals surface area contributed by atoms with Crippen LogP contribution < -0.4 is 0 Å². The van der Waals surface area contributed by atoms with E-state index in [4.69, 9.17) is 11.6 Å². The maximum Gasteiger partial charge on any atom is 0.266 e. The van der Waals surface area contributed by atoms with Crippen LogP contribution in [0.5, 0.6) is 0 Å². The Bertz CT molecular complexity index is 334. The lowest BCUT2D eigenvalue weighted by molar-refractivity contribution is -0.419. The molecule has 1 atom stereocenters. The maximum absolute atomic E-state index is 10.8. The van der Waals surface area contributed by atoms with Crippen molar-refractivity contribution in [1.82, 2.24) is 0 Å². The van der Waals surface area contributed by atoms with E-state index in [0.717, 1.165) is 0 Å². The number of nitrogens with zero attached hydrogens (tertiary/aromatic N) is 1. The van der Waals surface area contributed by atoms with Gasteiger partial charge < -0.3 is 0 Å². The molecule has 0 fully saturated rings.